The molecule has 0 radical (unpaired) electrons. The minimum atomic E-state index is 0.728. The van der Waals surface area contributed by atoms with Crippen LogP contribution in [0, 0.1) is 25.7 Å². The zero-order chi connectivity index (χ0) is 12.7. The topological polar surface area (TPSA) is 15.3 Å². The SMILES string of the molecule is Cc1ccc(CN2CC3CNCC3C2C)c(C)c1. The highest BCUT2D eigenvalue weighted by Crippen LogP contribution is 2.33. The Kier molecular flexibility index (Phi) is 3.16. The van der Waals surface area contributed by atoms with Crippen LogP contribution in [0.25, 0.3) is 0 Å². The Hall–Kier alpha value is -0.860. The fraction of sp³-hybridized carbons (Fsp3) is 0.625. The summed E-state index contributed by atoms with van der Waals surface area (Å²) in [5, 5.41) is 3.53. The normalized spacial score (nSPS) is 31.8. The van der Waals surface area contributed by atoms with Crippen molar-refractivity contribution in [2.24, 2.45) is 11.8 Å². The maximum atomic E-state index is 3.53. The molecular weight excluding hydrogens is 220 g/mol. The molecule has 98 valence electrons. The lowest BCUT2D eigenvalue weighted by Crippen LogP contribution is -2.32. The van der Waals surface area contributed by atoms with Crippen LogP contribution in [0.3, 0.4) is 0 Å². The van der Waals surface area contributed by atoms with Crippen molar-refractivity contribution in [3.05, 3.63) is 34.9 Å². The monoisotopic (exact) mass is 244 g/mol. The third kappa shape index (κ3) is 2.08. The molecule has 1 aromatic rings. The fourth-order valence-corrected chi connectivity index (χ4v) is 3.71. The van der Waals surface area contributed by atoms with E-state index in [9.17, 15) is 0 Å². The van der Waals surface area contributed by atoms with Gasteiger partial charge in [-0.05, 0) is 56.8 Å². The van der Waals surface area contributed by atoms with Crippen molar-refractivity contribution < 1.29 is 0 Å². The number of hydrogen-bond acceptors (Lipinski definition) is 2. The van der Waals surface area contributed by atoms with Crippen LogP contribution >= 0.6 is 0 Å². The molecule has 0 aromatic heterocycles. The van der Waals surface area contributed by atoms with Crippen molar-refractivity contribution >= 4 is 0 Å². The van der Waals surface area contributed by atoms with Gasteiger partial charge < -0.3 is 5.32 Å². The Bertz CT molecular complexity index is 441. The molecular formula is C16H24N2. The number of rotatable bonds is 2. The van der Waals surface area contributed by atoms with Crippen molar-refractivity contribution in [2.45, 2.75) is 33.4 Å². The largest absolute Gasteiger partial charge is 0.316 e. The number of likely N-dealkylation sites (tertiary alicyclic amines) is 1. The van der Waals surface area contributed by atoms with Crippen LogP contribution < -0.4 is 5.32 Å². The summed E-state index contributed by atoms with van der Waals surface area (Å²) in [6.45, 7) is 11.7. The maximum Gasteiger partial charge on any atom is 0.0239 e. The van der Waals surface area contributed by atoms with Gasteiger partial charge in [-0.1, -0.05) is 23.8 Å². The van der Waals surface area contributed by atoms with Crippen molar-refractivity contribution in [2.75, 3.05) is 19.6 Å². The second-order valence-corrected chi connectivity index (χ2v) is 6.18. The first kappa shape index (κ1) is 12.2. The number of nitrogens with zero attached hydrogens (tertiary/aromatic N) is 1. The zero-order valence-electron chi connectivity index (χ0n) is 11.7. The van der Waals surface area contributed by atoms with Gasteiger partial charge in [0.15, 0.2) is 0 Å². The molecule has 2 heterocycles. The molecule has 3 unspecified atom stereocenters. The van der Waals surface area contributed by atoms with Gasteiger partial charge in [0.25, 0.3) is 0 Å². The first-order chi connectivity index (χ1) is 8.65. The van der Waals surface area contributed by atoms with E-state index in [4.69, 9.17) is 0 Å². The fourth-order valence-electron chi connectivity index (χ4n) is 3.71. The predicted molar refractivity (Wildman–Crippen MR) is 75.6 cm³/mol. The molecule has 2 aliphatic heterocycles. The Morgan fingerprint density at radius 3 is 2.83 bits per heavy atom. The van der Waals surface area contributed by atoms with E-state index < -0.39 is 0 Å². The molecule has 3 rings (SSSR count). The Morgan fingerprint density at radius 1 is 1.28 bits per heavy atom. The minimum absolute atomic E-state index is 0.728. The van der Waals surface area contributed by atoms with Crippen molar-refractivity contribution in [3.8, 4) is 0 Å². The lowest BCUT2D eigenvalue weighted by atomic mass is 9.95. The summed E-state index contributed by atoms with van der Waals surface area (Å²) in [4.78, 5) is 2.67. The Balaban J connectivity index is 1.73. The quantitative estimate of drug-likeness (QED) is 0.859. The molecule has 3 atom stereocenters. The summed E-state index contributed by atoms with van der Waals surface area (Å²) < 4.78 is 0. The first-order valence-electron chi connectivity index (χ1n) is 7.16. The van der Waals surface area contributed by atoms with Crippen molar-refractivity contribution in [3.63, 3.8) is 0 Å². The standard InChI is InChI=1S/C16H24N2/c1-11-4-5-14(12(2)6-11)9-18-10-15-7-17-8-16(15)13(18)3/h4-6,13,15-17H,7-10H2,1-3H3. The zero-order valence-corrected chi connectivity index (χ0v) is 11.7. The molecule has 2 aliphatic rings. The Morgan fingerprint density at radius 2 is 2.11 bits per heavy atom. The van der Waals surface area contributed by atoms with E-state index in [0.29, 0.717) is 0 Å². The summed E-state index contributed by atoms with van der Waals surface area (Å²) >= 11 is 0. The van der Waals surface area contributed by atoms with Gasteiger partial charge in [0.2, 0.25) is 0 Å². The molecule has 0 aliphatic carbocycles. The first-order valence-corrected chi connectivity index (χ1v) is 7.16. The molecule has 1 N–H and O–H groups in total. The number of hydrogen-bond donors (Lipinski definition) is 1. The number of fused-ring (bicyclic) bond motifs is 1. The van der Waals surface area contributed by atoms with Gasteiger partial charge in [0.1, 0.15) is 0 Å². The van der Waals surface area contributed by atoms with E-state index in [0.717, 1.165) is 24.4 Å². The van der Waals surface area contributed by atoms with Crippen molar-refractivity contribution in [1.82, 2.24) is 10.2 Å². The van der Waals surface area contributed by atoms with E-state index >= 15 is 0 Å². The summed E-state index contributed by atoms with van der Waals surface area (Å²) in [6.07, 6.45) is 0. The van der Waals surface area contributed by atoms with E-state index in [1.807, 2.05) is 0 Å². The molecule has 0 spiro atoms. The smallest absolute Gasteiger partial charge is 0.0239 e. The van der Waals surface area contributed by atoms with Crippen LogP contribution in [0.5, 0.6) is 0 Å². The van der Waals surface area contributed by atoms with Crippen LogP contribution in [0.4, 0.5) is 0 Å². The summed E-state index contributed by atoms with van der Waals surface area (Å²) in [5.74, 6) is 1.75. The lowest BCUT2D eigenvalue weighted by molar-refractivity contribution is 0.231. The maximum absolute atomic E-state index is 3.53. The summed E-state index contributed by atoms with van der Waals surface area (Å²) in [5.41, 5.74) is 4.31. The number of nitrogens with one attached hydrogen (secondary N) is 1. The van der Waals surface area contributed by atoms with Crippen LogP contribution in [0.1, 0.15) is 23.6 Å². The molecule has 2 fully saturated rings. The second kappa shape index (κ2) is 4.67. The van der Waals surface area contributed by atoms with Crippen LogP contribution in [-0.2, 0) is 6.54 Å². The van der Waals surface area contributed by atoms with Crippen LogP contribution in [-0.4, -0.2) is 30.6 Å². The van der Waals surface area contributed by atoms with E-state index in [-0.39, 0.29) is 0 Å². The van der Waals surface area contributed by atoms with Gasteiger partial charge >= 0.3 is 0 Å². The highest BCUT2D eigenvalue weighted by molar-refractivity contribution is 5.30. The van der Waals surface area contributed by atoms with Gasteiger partial charge in [-0.15, -0.1) is 0 Å². The average Bonchev–Trinajstić information content (AvgIpc) is 2.88. The third-order valence-corrected chi connectivity index (χ3v) is 4.93. The van der Waals surface area contributed by atoms with Gasteiger partial charge in [0.05, 0.1) is 0 Å². The van der Waals surface area contributed by atoms with Gasteiger partial charge in [-0.2, -0.15) is 0 Å². The number of benzene rings is 1. The molecule has 2 nitrogen and oxygen atoms in total. The van der Waals surface area contributed by atoms with Gasteiger partial charge in [-0.25, -0.2) is 0 Å². The summed E-state index contributed by atoms with van der Waals surface area (Å²) in [6, 6.07) is 7.58. The molecule has 18 heavy (non-hydrogen) atoms. The van der Waals surface area contributed by atoms with Gasteiger partial charge in [0, 0.05) is 19.1 Å². The van der Waals surface area contributed by atoms with Crippen LogP contribution in [0.2, 0.25) is 0 Å². The lowest BCUT2D eigenvalue weighted by Gasteiger charge is -2.25. The molecule has 0 amide bonds. The molecule has 2 saturated heterocycles. The summed E-state index contributed by atoms with van der Waals surface area (Å²) in [7, 11) is 0. The van der Waals surface area contributed by atoms with Crippen molar-refractivity contribution in [1.29, 1.82) is 0 Å². The Labute approximate surface area is 110 Å². The third-order valence-electron chi connectivity index (χ3n) is 4.93. The van der Waals surface area contributed by atoms with Crippen LogP contribution in [0.15, 0.2) is 18.2 Å². The number of aryl methyl sites for hydroxylation is 2. The average molecular weight is 244 g/mol. The molecule has 2 heteroatoms. The van der Waals surface area contributed by atoms with E-state index in [1.165, 1.54) is 36.3 Å². The van der Waals surface area contributed by atoms with Gasteiger partial charge in [-0.3, -0.25) is 4.90 Å². The van der Waals surface area contributed by atoms with E-state index in [2.05, 4.69) is 49.2 Å². The molecule has 0 saturated carbocycles. The highest BCUT2D eigenvalue weighted by atomic mass is 15.2. The molecule has 1 aromatic carbocycles. The second-order valence-electron chi connectivity index (χ2n) is 6.18. The van der Waals surface area contributed by atoms with E-state index in [1.54, 1.807) is 0 Å². The highest BCUT2D eigenvalue weighted by Gasteiger charge is 2.41. The molecule has 0 bridgehead atoms. The predicted octanol–water partition coefficient (Wildman–Crippen LogP) is 2.34. The minimum Gasteiger partial charge on any atom is -0.316 e.